The minimum atomic E-state index is -4.51. The molecule has 31 heavy (non-hydrogen) atoms. The Bertz CT molecular complexity index is 1050. The molecule has 0 unspecified atom stereocenters. The topological polar surface area (TPSA) is 75.8 Å². The third kappa shape index (κ3) is 5.87. The van der Waals surface area contributed by atoms with Gasteiger partial charge in [-0.1, -0.05) is 12.1 Å². The second kappa shape index (κ2) is 9.67. The van der Waals surface area contributed by atoms with E-state index in [2.05, 4.69) is 25.8 Å². The van der Waals surface area contributed by atoms with Crippen molar-refractivity contribution < 1.29 is 17.9 Å². The zero-order chi connectivity index (χ0) is 22.4. The summed E-state index contributed by atoms with van der Waals surface area (Å²) in [7, 11) is 0. The number of hydrogen-bond acceptors (Lipinski definition) is 4. The molecular weight excluding hydrogens is 409 g/mol. The number of hydrogen-bond donors (Lipinski definition) is 2. The highest BCUT2D eigenvalue weighted by Gasteiger charge is 2.33. The van der Waals surface area contributed by atoms with Gasteiger partial charge < -0.3 is 15.4 Å². The maximum Gasteiger partial charge on any atom is 0.416 e. The quantitative estimate of drug-likeness (QED) is 0.437. The second-order valence-corrected chi connectivity index (χ2v) is 7.08. The van der Waals surface area contributed by atoms with E-state index in [4.69, 9.17) is 4.74 Å². The molecule has 0 saturated carbocycles. The number of benzene rings is 1. The molecule has 7 nitrogen and oxygen atoms in total. The van der Waals surface area contributed by atoms with Crippen LogP contribution in [-0.2, 0) is 19.3 Å². The number of guanidine groups is 1. The average Bonchev–Trinajstić information content (AvgIpc) is 3.13. The van der Waals surface area contributed by atoms with Gasteiger partial charge in [0.1, 0.15) is 5.75 Å². The van der Waals surface area contributed by atoms with Gasteiger partial charge in [0.2, 0.25) is 0 Å². The van der Waals surface area contributed by atoms with Gasteiger partial charge in [0.25, 0.3) is 0 Å². The predicted molar refractivity (Wildman–Crippen MR) is 112 cm³/mol. The van der Waals surface area contributed by atoms with Crippen LogP contribution in [0, 0.1) is 0 Å². The first-order valence-electron chi connectivity index (χ1n) is 9.95. The monoisotopic (exact) mass is 434 g/mol. The number of nitrogens with one attached hydrogen (secondary N) is 2. The van der Waals surface area contributed by atoms with Crippen molar-refractivity contribution in [3.8, 4) is 5.75 Å². The number of aliphatic imine (C=N–C) groups is 1. The zero-order valence-corrected chi connectivity index (χ0v) is 17.6. The fourth-order valence-electron chi connectivity index (χ4n) is 2.98. The fourth-order valence-corrected chi connectivity index (χ4v) is 2.98. The van der Waals surface area contributed by atoms with Crippen molar-refractivity contribution in [1.82, 2.24) is 25.2 Å². The van der Waals surface area contributed by atoms with Crippen LogP contribution in [0.5, 0.6) is 5.75 Å². The highest BCUT2D eigenvalue weighted by Crippen LogP contribution is 2.35. The molecule has 2 heterocycles. The van der Waals surface area contributed by atoms with Gasteiger partial charge in [-0.05, 0) is 50.6 Å². The van der Waals surface area contributed by atoms with E-state index in [1.807, 2.05) is 35.7 Å². The average molecular weight is 434 g/mol. The highest BCUT2D eigenvalue weighted by atomic mass is 19.4. The number of fused-ring (bicyclic) bond motifs is 1. The fraction of sp³-hybridized carbons (Fsp3) is 0.381. The Morgan fingerprint density at radius 1 is 1.16 bits per heavy atom. The van der Waals surface area contributed by atoms with Crippen LogP contribution in [0.25, 0.3) is 5.65 Å². The van der Waals surface area contributed by atoms with Crippen LogP contribution in [0.2, 0.25) is 0 Å². The van der Waals surface area contributed by atoms with Crippen LogP contribution in [0.4, 0.5) is 13.2 Å². The third-order valence-corrected chi connectivity index (χ3v) is 4.31. The van der Waals surface area contributed by atoms with Gasteiger partial charge in [-0.2, -0.15) is 13.2 Å². The standard InChI is InChI=1S/C21H25F3N6O/c1-4-25-20(27-13-19-29-28-18-7-5-6-10-30(18)19)26-12-15-8-9-16(31-14(2)3)11-17(15)21(22,23)24/h5-11,14H,4,12-13H2,1-3H3,(H2,25,26,27). The van der Waals surface area contributed by atoms with Crippen molar-refractivity contribution in [3.63, 3.8) is 0 Å². The summed E-state index contributed by atoms with van der Waals surface area (Å²) in [6.07, 6.45) is -2.89. The molecule has 0 aliphatic carbocycles. The van der Waals surface area contributed by atoms with Gasteiger partial charge in [-0.3, -0.25) is 4.40 Å². The number of aromatic nitrogens is 3. The van der Waals surface area contributed by atoms with Crippen molar-refractivity contribution in [2.24, 2.45) is 4.99 Å². The summed E-state index contributed by atoms with van der Waals surface area (Å²) in [5.41, 5.74) is 0.0159. The number of rotatable bonds is 7. The van der Waals surface area contributed by atoms with Crippen LogP contribution >= 0.6 is 0 Å². The Balaban J connectivity index is 1.77. The molecule has 1 aromatic carbocycles. The summed E-state index contributed by atoms with van der Waals surface area (Å²) in [6.45, 7) is 6.12. The Kier molecular flexibility index (Phi) is 6.98. The van der Waals surface area contributed by atoms with Crippen LogP contribution in [-0.4, -0.2) is 33.2 Å². The van der Waals surface area contributed by atoms with Crippen LogP contribution in [0.1, 0.15) is 37.7 Å². The molecule has 0 bridgehead atoms. The molecule has 0 spiro atoms. The molecule has 166 valence electrons. The van der Waals surface area contributed by atoms with Crippen LogP contribution in [0.15, 0.2) is 47.6 Å². The minimum Gasteiger partial charge on any atom is -0.491 e. The molecule has 0 aliphatic heterocycles. The van der Waals surface area contributed by atoms with E-state index in [0.29, 0.717) is 30.5 Å². The summed E-state index contributed by atoms with van der Waals surface area (Å²) in [4.78, 5) is 4.32. The van der Waals surface area contributed by atoms with E-state index in [1.54, 1.807) is 13.8 Å². The van der Waals surface area contributed by atoms with E-state index in [-0.39, 0.29) is 24.0 Å². The highest BCUT2D eigenvalue weighted by molar-refractivity contribution is 5.79. The van der Waals surface area contributed by atoms with Crippen molar-refractivity contribution in [2.45, 2.75) is 46.1 Å². The molecule has 0 atom stereocenters. The Labute approximate surface area is 178 Å². The lowest BCUT2D eigenvalue weighted by Gasteiger charge is -2.16. The van der Waals surface area contributed by atoms with Gasteiger partial charge in [-0.15, -0.1) is 10.2 Å². The summed E-state index contributed by atoms with van der Waals surface area (Å²) in [5, 5.41) is 14.3. The van der Waals surface area contributed by atoms with Crippen molar-refractivity contribution in [3.05, 3.63) is 59.5 Å². The largest absolute Gasteiger partial charge is 0.491 e. The molecule has 10 heteroatoms. The van der Waals surface area contributed by atoms with Gasteiger partial charge in [0.05, 0.1) is 24.8 Å². The minimum absolute atomic E-state index is 0.0636. The Morgan fingerprint density at radius 3 is 2.68 bits per heavy atom. The molecule has 2 N–H and O–H groups in total. The summed E-state index contributed by atoms with van der Waals surface area (Å²) in [6, 6.07) is 9.52. The number of alkyl halides is 3. The molecule has 3 aromatic rings. The summed E-state index contributed by atoms with van der Waals surface area (Å²) >= 11 is 0. The number of halogens is 3. The van der Waals surface area contributed by atoms with Gasteiger partial charge >= 0.3 is 6.18 Å². The molecule has 2 aromatic heterocycles. The van der Waals surface area contributed by atoms with Crippen LogP contribution < -0.4 is 15.4 Å². The van der Waals surface area contributed by atoms with Crippen LogP contribution in [0.3, 0.4) is 0 Å². The zero-order valence-electron chi connectivity index (χ0n) is 17.6. The SMILES string of the molecule is CCNC(=NCc1ccc(OC(C)C)cc1C(F)(F)F)NCc1nnc2ccccn12. The first-order valence-corrected chi connectivity index (χ1v) is 9.95. The maximum atomic E-state index is 13.6. The normalized spacial score (nSPS) is 12.4. The van der Waals surface area contributed by atoms with E-state index >= 15 is 0 Å². The first-order chi connectivity index (χ1) is 14.8. The van der Waals surface area contributed by atoms with E-state index in [0.717, 1.165) is 6.07 Å². The van der Waals surface area contributed by atoms with Gasteiger partial charge in [-0.25, -0.2) is 4.99 Å². The molecule has 0 radical (unpaired) electrons. The number of ether oxygens (including phenoxy) is 1. The lowest BCUT2D eigenvalue weighted by atomic mass is 10.1. The van der Waals surface area contributed by atoms with Gasteiger partial charge in [0.15, 0.2) is 17.4 Å². The second-order valence-electron chi connectivity index (χ2n) is 7.08. The van der Waals surface area contributed by atoms with E-state index in [1.165, 1.54) is 12.1 Å². The number of pyridine rings is 1. The van der Waals surface area contributed by atoms with Crippen molar-refractivity contribution >= 4 is 11.6 Å². The lowest BCUT2D eigenvalue weighted by molar-refractivity contribution is -0.138. The molecule has 0 amide bonds. The van der Waals surface area contributed by atoms with E-state index in [9.17, 15) is 13.2 Å². The number of nitrogens with zero attached hydrogens (tertiary/aromatic N) is 4. The Hall–Kier alpha value is -3.30. The van der Waals surface area contributed by atoms with Gasteiger partial charge in [0, 0.05) is 12.7 Å². The molecule has 3 rings (SSSR count). The lowest BCUT2D eigenvalue weighted by Crippen LogP contribution is -2.37. The maximum absolute atomic E-state index is 13.6. The molecule has 0 saturated heterocycles. The predicted octanol–water partition coefficient (Wildman–Crippen LogP) is 3.79. The smallest absolute Gasteiger partial charge is 0.416 e. The molecular formula is C21H25F3N6O. The van der Waals surface area contributed by atoms with Crippen molar-refractivity contribution in [2.75, 3.05) is 6.54 Å². The van der Waals surface area contributed by atoms with E-state index < -0.39 is 11.7 Å². The molecule has 0 fully saturated rings. The van der Waals surface area contributed by atoms with Crippen molar-refractivity contribution in [1.29, 1.82) is 0 Å². The Morgan fingerprint density at radius 2 is 1.97 bits per heavy atom. The summed E-state index contributed by atoms with van der Waals surface area (Å²) in [5.74, 6) is 1.22. The first kappa shape index (κ1) is 22.4. The molecule has 0 aliphatic rings. The third-order valence-electron chi connectivity index (χ3n) is 4.31. The summed E-state index contributed by atoms with van der Waals surface area (Å²) < 4.78 is 47.9.